The number of rotatable bonds is 9. The van der Waals surface area contributed by atoms with Crippen molar-refractivity contribution in [2.75, 3.05) is 13.2 Å². The molecule has 0 atom stereocenters. The van der Waals surface area contributed by atoms with Crippen LogP contribution in [0.4, 0.5) is 13.2 Å². The minimum atomic E-state index is -4.78. The lowest BCUT2D eigenvalue weighted by Gasteiger charge is -2.12. The van der Waals surface area contributed by atoms with Crippen LogP contribution in [-0.4, -0.2) is 45.2 Å². The minimum absolute atomic E-state index is 0.000220. The zero-order chi connectivity index (χ0) is 25.0. The van der Waals surface area contributed by atoms with Crippen molar-refractivity contribution in [2.45, 2.75) is 19.8 Å². The predicted octanol–water partition coefficient (Wildman–Crippen LogP) is 5.17. The largest absolute Gasteiger partial charge is 0.573 e. The highest BCUT2D eigenvalue weighted by Gasteiger charge is 2.31. The molecule has 4 rings (SSSR count). The van der Waals surface area contributed by atoms with Gasteiger partial charge < -0.3 is 23.9 Å². The van der Waals surface area contributed by atoms with Crippen molar-refractivity contribution in [2.24, 2.45) is 0 Å². The van der Waals surface area contributed by atoms with E-state index >= 15 is 0 Å². The number of carboxylic acid groups (broad SMARTS) is 1. The summed E-state index contributed by atoms with van der Waals surface area (Å²) in [6.07, 6.45) is -3.43. The molecule has 1 N–H and O–H groups in total. The lowest BCUT2D eigenvalue weighted by molar-refractivity contribution is -0.274. The molecule has 2 aromatic heterocycles. The van der Waals surface area contributed by atoms with E-state index in [-0.39, 0.29) is 24.6 Å². The van der Waals surface area contributed by atoms with Gasteiger partial charge in [-0.2, -0.15) is 0 Å². The maximum atomic E-state index is 12.3. The highest BCUT2D eigenvalue weighted by atomic mass is 19.4. The summed E-state index contributed by atoms with van der Waals surface area (Å²) in [4.78, 5) is 20.6. The van der Waals surface area contributed by atoms with Crippen molar-refractivity contribution in [1.29, 1.82) is 0 Å². The van der Waals surface area contributed by atoms with Crippen molar-refractivity contribution in [1.82, 2.24) is 14.5 Å². The molecule has 0 fully saturated rings. The summed E-state index contributed by atoms with van der Waals surface area (Å²) in [6.45, 7) is 2.55. The predicted molar refractivity (Wildman–Crippen MR) is 120 cm³/mol. The molecule has 0 aliphatic heterocycles. The molecule has 35 heavy (non-hydrogen) atoms. The van der Waals surface area contributed by atoms with Gasteiger partial charge >= 0.3 is 12.3 Å². The number of aromatic carboxylic acids is 1. The summed E-state index contributed by atoms with van der Waals surface area (Å²) in [5.74, 6) is -0.552. The minimum Gasteiger partial charge on any atom is -0.494 e. The van der Waals surface area contributed by atoms with E-state index in [1.165, 1.54) is 29.1 Å². The van der Waals surface area contributed by atoms with Crippen LogP contribution in [0.3, 0.4) is 0 Å². The number of carboxylic acids is 1. The number of ether oxygens (including phenoxy) is 3. The Morgan fingerprint density at radius 2 is 1.74 bits per heavy atom. The number of hydrogen-bond donors (Lipinski definition) is 1. The van der Waals surface area contributed by atoms with Gasteiger partial charge in [0.15, 0.2) is 0 Å². The van der Waals surface area contributed by atoms with Crippen LogP contribution >= 0.6 is 0 Å². The molecule has 0 unspecified atom stereocenters. The van der Waals surface area contributed by atoms with E-state index in [0.717, 1.165) is 17.7 Å². The molecule has 0 radical (unpaired) electrons. The maximum absolute atomic E-state index is 12.3. The molecule has 2 aromatic carbocycles. The van der Waals surface area contributed by atoms with Gasteiger partial charge in [-0.3, -0.25) is 0 Å². The summed E-state index contributed by atoms with van der Waals surface area (Å²) >= 11 is 0. The van der Waals surface area contributed by atoms with Crippen molar-refractivity contribution >= 4 is 17.0 Å². The maximum Gasteiger partial charge on any atom is 0.573 e. The zero-order valence-corrected chi connectivity index (χ0v) is 18.5. The number of halogens is 3. The van der Waals surface area contributed by atoms with Crippen molar-refractivity contribution in [3.63, 3.8) is 0 Å². The number of benzene rings is 2. The summed E-state index contributed by atoms with van der Waals surface area (Å²) < 4.78 is 53.4. The fourth-order valence-electron chi connectivity index (χ4n) is 3.59. The molecule has 0 aliphatic rings. The number of carbonyl (C=O) groups is 1. The number of hydrogen-bond acceptors (Lipinski definition) is 6. The first-order valence-corrected chi connectivity index (χ1v) is 10.5. The Morgan fingerprint density at radius 3 is 2.43 bits per heavy atom. The zero-order valence-electron chi connectivity index (χ0n) is 18.5. The molecule has 0 aliphatic carbocycles. The van der Waals surface area contributed by atoms with Crippen LogP contribution in [0.1, 0.15) is 17.4 Å². The van der Waals surface area contributed by atoms with Crippen LogP contribution < -0.4 is 14.2 Å². The van der Waals surface area contributed by atoms with E-state index in [4.69, 9.17) is 9.47 Å². The quantitative estimate of drug-likeness (QED) is 0.348. The number of alkyl halides is 3. The van der Waals surface area contributed by atoms with Crippen molar-refractivity contribution < 1.29 is 37.3 Å². The van der Waals surface area contributed by atoms with Crippen LogP contribution in [0.2, 0.25) is 0 Å². The third-order valence-corrected chi connectivity index (χ3v) is 4.97. The first kappa shape index (κ1) is 23.9. The third kappa shape index (κ3) is 5.62. The van der Waals surface area contributed by atoms with Gasteiger partial charge in [0, 0.05) is 10.9 Å². The molecule has 0 saturated carbocycles. The SMILES string of the molecule is CCOc1cccc(-c2ncnc3c2cc(C(=O)O)n3CCOc2ccc(OC(F)(F)F)cc2)c1. The van der Waals surface area contributed by atoms with Gasteiger partial charge in [-0.05, 0) is 49.4 Å². The molecule has 2 heterocycles. The first-order chi connectivity index (χ1) is 16.7. The lowest BCUT2D eigenvalue weighted by Crippen LogP contribution is -2.17. The fourth-order valence-corrected chi connectivity index (χ4v) is 3.59. The lowest BCUT2D eigenvalue weighted by atomic mass is 10.1. The Morgan fingerprint density at radius 1 is 1.00 bits per heavy atom. The first-order valence-electron chi connectivity index (χ1n) is 10.5. The second-order valence-electron chi connectivity index (χ2n) is 7.27. The topological polar surface area (TPSA) is 95.7 Å². The average molecular weight is 487 g/mol. The second kappa shape index (κ2) is 9.92. The van der Waals surface area contributed by atoms with Crippen LogP contribution in [-0.2, 0) is 6.54 Å². The molecule has 0 saturated heterocycles. The van der Waals surface area contributed by atoms with Gasteiger partial charge in [-0.15, -0.1) is 13.2 Å². The standard InChI is InChI=1S/C24H20F3N3O5/c1-2-33-18-5-3-4-15(12-18)21-19-13-20(23(31)32)30(22(19)29-14-28-21)10-11-34-16-6-8-17(9-7-16)35-24(25,26)27/h3-9,12-14H,2,10-11H2,1H3,(H,31,32). The van der Waals surface area contributed by atoms with Crippen molar-refractivity contribution in [3.8, 4) is 28.5 Å². The summed E-state index contributed by atoms with van der Waals surface area (Å²) in [5, 5.41) is 10.3. The Hall–Kier alpha value is -4.28. The Labute approximate surface area is 197 Å². The van der Waals surface area contributed by atoms with Crippen LogP contribution in [0, 0.1) is 0 Å². The third-order valence-electron chi connectivity index (χ3n) is 4.97. The van der Waals surface area contributed by atoms with E-state index < -0.39 is 12.3 Å². The van der Waals surface area contributed by atoms with Gasteiger partial charge in [-0.25, -0.2) is 14.8 Å². The van der Waals surface area contributed by atoms with E-state index in [0.29, 0.717) is 34.8 Å². The van der Waals surface area contributed by atoms with Crippen molar-refractivity contribution in [3.05, 3.63) is 66.6 Å². The van der Waals surface area contributed by atoms with Gasteiger partial charge in [0.05, 0.1) is 18.8 Å². The molecule has 0 spiro atoms. The molecule has 0 bridgehead atoms. The summed E-state index contributed by atoms with van der Waals surface area (Å²) in [6, 6.07) is 13.7. The normalized spacial score (nSPS) is 11.4. The smallest absolute Gasteiger partial charge is 0.494 e. The molecule has 0 amide bonds. The Bertz CT molecular complexity index is 1340. The molecular weight excluding hydrogens is 467 g/mol. The molecule has 4 aromatic rings. The van der Waals surface area contributed by atoms with E-state index in [1.54, 1.807) is 0 Å². The summed E-state index contributed by atoms with van der Waals surface area (Å²) in [7, 11) is 0. The Kier molecular flexibility index (Phi) is 6.76. The van der Waals surface area contributed by atoms with Gasteiger partial charge in [0.25, 0.3) is 0 Å². The molecular formula is C24H20F3N3O5. The van der Waals surface area contributed by atoms with Crippen LogP contribution in [0.15, 0.2) is 60.9 Å². The second-order valence-corrected chi connectivity index (χ2v) is 7.27. The van der Waals surface area contributed by atoms with Gasteiger partial charge in [0.2, 0.25) is 0 Å². The van der Waals surface area contributed by atoms with E-state index in [9.17, 15) is 23.1 Å². The van der Waals surface area contributed by atoms with Crippen LogP contribution in [0.25, 0.3) is 22.3 Å². The highest BCUT2D eigenvalue weighted by Crippen LogP contribution is 2.30. The molecule has 8 nitrogen and oxygen atoms in total. The monoisotopic (exact) mass is 487 g/mol. The molecule has 182 valence electrons. The van der Waals surface area contributed by atoms with Crippen LogP contribution in [0.5, 0.6) is 17.2 Å². The highest BCUT2D eigenvalue weighted by molar-refractivity contribution is 5.98. The van der Waals surface area contributed by atoms with Gasteiger partial charge in [-0.1, -0.05) is 12.1 Å². The van der Waals surface area contributed by atoms with E-state index in [1.807, 2.05) is 31.2 Å². The average Bonchev–Trinajstić information content (AvgIpc) is 3.19. The van der Waals surface area contributed by atoms with E-state index in [2.05, 4.69) is 14.7 Å². The van der Waals surface area contributed by atoms with Gasteiger partial charge in [0.1, 0.15) is 41.5 Å². The number of aromatic nitrogens is 3. The molecule has 11 heteroatoms. The summed E-state index contributed by atoms with van der Waals surface area (Å²) in [5.41, 5.74) is 1.71. The number of nitrogens with zero attached hydrogens (tertiary/aromatic N) is 3. The number of fused-ring (bicyclic) bond motifs is 1. The Balaban J connectivity index is 1.57. The fraction of sp³-hybridized carbons (Fsp3) is 0.208.